The number of aromatic nitrogens is 4. The molecule has 8 aromatic carbocycles. The molecule has 0 amide bonds. The van der Waals surface area contributed by atoms with Crippen LogP contribution in [0.4, 0.5) is 0 Å². The SMILES string of the molecule is [2H]c1c([2H])c([2H])c(-n2c3c([2H])c([2H])c([2H])c([2H])c3c3c([2H])c([2H])c(-c4cccc(-c5nc(-c6ccc(-c7ccccc7)cc6)nc(-c6cccc7c6sc6ccccc67)n5)c4)c([2H])c32)c([2H])c1[2H]. The fourth-order valence-corrected chi connectivity index (χ4v) is 8.38. The average molecular weight is 745 g/mol. The highest BCUT2D eigenvalue weighted by atomic mass is 32.1. The second kappa shape index (κ2) is 13.3. The number of para-hydroxylation sites is 2. The molecule has 11 aromatic rings. The predicted octanol–water partition coefficient (Wildman–Crippen LogP) is 13.7. The summed E-state index contributed by atoms with van der Waals surface area (Å²) in [5.74, 6) is 1.09. The molecule has 0 bridgehead atoms. The number of fused-ring (bicyclic) bond motifs is 6. The molecule has 3 aromatic heterocycles. The largest absolute Gasteiger partial charge is 0.309 e. The normalized spacial score (nSPS) is 14.6. The lowest BCUT2D eigenvalue weighted by Gasteiger charge is -2.11. The van der Waals surface area contributed by atoms with Gasteiger partial charge < -0.3 is 4.57 Å². The van der Waals surface area contributed by atoms with Crippen LogP contribution in [-0.4, -0.2) is 19.5 Å². The summed E-state index contributed by atoms with van der Waals surface area (Å²) < 4.78 is 110. The highest BCUT2D eigenvalue weighted by molar-refractivity contribution is 7.26. The summed E-state index contributed by atoms with van der Waals surface area (Å²) in [4.78, 5) is 15.1. The first kappa shape index (κ1) is 22.2. The first-order chi connectivity index (χ1) is 32.7. The molecular weight excluding hydrogens is 701 g/mol. The molecule has 0 saturated carbocycles. The molecule has 0 atom stereocenters. The summed E-state index contributed by atoms with van der Waals surface area (Å²) in [6.07, 6.45) is 0. The van der Waals surface area contributed by atoms with Crippen LogP contribution in [0.15, 0.2) is 194 Å². The maximum atomic E-state index is 9.81. The molecule has 3 heterocycles. The van der Waals surface area contributed by atoms with Gasteiger partial charge in [0.1, 0.15) is 0 Å². The molecule has 0 unspecified atom stereocenters. The molecule has 262 valence electrons. The molecule has 56 heavy (non-hydrogen) atoms. The van der Waals surface area contributed by atoms with Gasteiger partial charge in [-0.3, -0.25) is 0 Å². The minimum absolute atomic E-state index is 0.0722. The zero-order valence-corrected chi connectivity index (χ0v) is 30.1. The lowest BCUT2D eigenvalue weighted by molar-refractivity contribution is 1.08. The summed E-state index contributed by atoms with van der Waals surface area (Å²) in [6.45, 7) is 0. The average Bonchev–Trinajstić information content (AvgIpc) is 3.93. The lowest BCUT2D eigenvalue weighted by atomic mass is 10.0. The van der Waals surface area contributed by atoms with Gasteiger partial charge in [0.25, 0.3) is 0 Å². The van der Waals surface area contributed by atoms with E-state index in [1.54, 1.807) is 35.6 Å². The van der Waals surface area contributed by atoms with E-state index in [-0.39, 0.29) is 38.8 Å². The van der Waals surface area contributed by atoms with Crippen LogP contribution in [0.25, 0.3) is 104 Å². The zero-order chi connectivity index (χ0) is 47.4. The van der Waals surface area contributed by atoms with Gasteiger partial charge in [-0.25, -0.2) is 15.0 Å². The molecule has 0 aliphatic heterocycles. The molecule has 0 N–H and O–H groups in total. The monoisotopic (exact) mass is 744 g/mol. The van der Waals surface area contributed by atoms with E-state index in [9.17, 15) is 4.11 Å². The fraction of sp³-hybridized carbons (Fsp3) is 0. The van der Waals surface area contributed by atoms with Crippen LogP contribution < -0.4 is 0 Å². The van der Waals surface area contributed by atoms with Crippen molar-refractivity contribution in [3.8, 4) is 62.1 Å². The van der Waals surface area contributed by atoms with E-state index in [2.05, 4.69) is 18.2 Å². The number of benzene rings is 8. The second-order valence-electron chi connectivity index (χ2n) is 13.1. The van der Waals surface area contributed by atoms with Crippen molar-refractivity contribution in [1.82, 2.24) is 19.5 Å². The summed E-state index contributed by atoms with van der Waals surface area (Å²) in [5, 5.41) is 1.75. The molecule has 0 fully saturated rings. The van der Waals surface area contributed by atoms with Crippen molar-refractivity contribution in [2.24, 2.45) is 0 Å². The highest BCUT2D eigenvalue weighted by Crippen LogP contribution is 2.40. The van der Waals surface area contributed by atoms with Gasteiger partial charge in [-0.05, 0) is 64.6 Å². The Morgan fingerprint density at radius 1 is 0.429 bits per heavy atom. The van der Waals surface area contributed by atoms with Crippen molar-refractivity contribution in [2.45, 2.75) is 0 Å². The van der Waals surface area contributed by atoms with E-state index in [1.165, 1.54) is 0 Å². The third kappa shape index (κ3) is 5.48. The van der Waals surface area contributed by atoms with Gasteiger partial charge in [-0.15, -0.1) is 11.3 Å². The van der Waals surface area contributed by atoms with Crippen molar-refractivity contribution in [3.63, 3.8) is 0 Å². The molecule has 0 aliphatic rings. The summed E-state index contributed by atoms with van der Waals surface area (Å²) in [7, 11) is 0. The van der Waals surface area contributed by atoms with Crippen LogP contribution in [0.1, 0.15) is 16.4 Å². The fourth-order valence-electron chi connectivity index (χ4n) is 7.17. The van der Waals surface area contributed by atoms with Crippen molar-refractivity contribution in [2.75, 3.05) is 0 Å². The molecule has 4 nitrogen and oxygen atoms in total. The van der Waals surface area contributed by atoms with Gasteiger partial charge in [0, 0.05) is 53.3 Å². The molecule has 0 aliphatic carbocycles. The zero-order valence-electron chi connectivity index (χ0n) is 41.2. The first-order valence-electron chi connectivity index (χ1n) is 23.8. The van der Waals surface area contributed by atoms with Gasteiger partial charge in [0.2, 0.25) is 0 Å². The molecule has 0 spiro atoms. The number of nitrogens with zero attached hydrogens (tertiary/aromatic N) is 4. The number of hydrogen-bond donors (Lipinski definition) is 0. The van der Waals surface area contributed by atoms with Crippen LogP contribution in [0.5, 0.6) is 0 Å². The number of thiophene rings is 1. The highest BCUT2D eigenvalue weighted by Gasteiger charge is 2.18. The van der Waals surface area contributed by atoms with Crippen LogP contribution in [0, 0.1) is 0 Å². The van der Waals surface area contributed by atoms with Crippen LogP contribution >= 0.6 is 11.3 Å². The maximum absolute atomic E-state index is 9.81. The second-order valence-corrected chi connectivity index (χ2v) is 14.2. The van der Waals surface area contributed by atoms with Crippen molar-refractivity contribution >= 4 is 53.3 Å². The molecule has 5 heteroatoms. The Hall–Kier alpha value is -7.21. The van der Waals surface area contributed by atoms with Gasteiger partial charge in [0.05, 0.1) is 27.5 Å². The van der Waals surface area contributed by atoms with E-state index < -0.39 is 78.2 Å². The Balaban J connectivity index is 1.16. The van der Waals surface area contributed by atoms with E-state index in [4.69, 9.17) is 27.3 Å². The molecular formula is C51H32N4S. The molecule has 0 radical (unpaired) electrons. The minimum Gasteiger partial charge on any atom is -0.309 e. The van der Waals surface area contributed by atoms with Crippen molar-refractivity contribution in [3.05, 3.63) is 194 Å². The standard InChI is InChI=1S/C51H32N4S/c1-3-13-33(14-4-1)34-25-27-35(28-26-34)49-52-50(54-51(53-49)44-22-12-21-43-42-20-8-10-24-47(42)56-48(43)44)38-16-11-15-36(31-38)37-29-30-41-40-19-7-9-23-45(40)55(46(41)32-37)39-17-5-2-6-18-39/h1-32H/i2D,5D,6D,7D,9D,17D,18D,19D,23D,29D,30D,32D. The summed E-state index contributed by atoms with van der Waals surface area (Å²) >= 11 is 1.64. The Labute approximate surface area is 344 Å². The van der Waals surface area contributed by atoms with Crippen molar-refractivity contribution < 1.29 is 16.4 Å². The van der Waals surface area contributed by atoms with Gasteiger partial charge in [0.15, 0.2) is 17.5 Å². The quantitative estimate of drug-likeness (QED) is 0.170. The van der Waals surface area contributed by atoms with Crippen LogP contribution in [-0.2, 0) is 0 Å². The van der Waals surface area contributed by atoms with Gasteiger partial charge in [-0.2, -0.15) is 0 Å². The number of hydrogen-bond acceptors (Lipinski definition) is 4. The van der Waals surface area contributed by atoms with E-state index >= 15 is 0 Å². The van der Waals surface area contributed by atoms with Gasteiger partial charge >= 0.3 is 0 Å². The Morgan fingerprint density at radius 2 is 1.07 bits per heavy atom. The number of rotatable bonds is 6. The van der Waals surface area contributed by atoms with Crippen LogP contribution in [0.2, 0.25) is 0 Å². The Bertz CT molecular complexity index is 3920. The Kier molecular flexibility index (Phi) is 5.27. The lowest BCUT2D eigenvalue weighted by Crippen LogP contribution is -2.00. The minimum atomic E-state index is -0.702. The molecule has 11 rings (SSSR count). The smallest absolute Gasteiger partial charge is 0.165 e. The maximum Gasteiger partial charge on any atom is 0.165 e. The van der Waals surface area contributed by atoms with E-state index in [0.29, 0.717) is 17.2 Å². The van der Waals surface area contributed by atoms with E-state index in [0.717, 1.165) is 47.0 Å². The molecule has 0 saturated heterocycles. The topological polar surface area (TPSA) is 43.6 Å². The van der Waals surface area contributed by atoms with E-state index in [1.807, 2.05) is 78.9 Å². The van der Waals surface area contributed by atoms with Crippen LogP contribution in [0.3, 0.4) is 0 Å². The third-order valence-electron chi connectivity index (χ3n) is 9.81. The first-order valence-corrected chi connectivity index (χ1v) is 18.6. The van der Waals surface area contributed by atoms with Crippen molar-refractivity contribution in [1.29, 1.82) is 0 Å². The predicted molar refractivity (Wildman–Crippen MR) is 234 cm³/mol. The summed E-state index contributed by atoms with van der Waals surface area (Å²) in [5.41, 5.74) is 3.29. The summed E-state index contributed by atoms with van der Waals surface area (Å²) in [6, 6.07) is 31.7. The van der Waals surface area contributed by atoms with Gasteiger partial charge in [-0.1, -0.05) is 151 Å². The third-order valence-corrected chi connectivity index (χ3v) is 11.0. The Morgan fingerprint density at radius 3 is 1.95 bits per heavy atom.